The molecule has 0 saturated carbocycles. The Morgan fingerprint density at radius 3 is 2.69 bits per heavy atom. The van der Waals surface area contributed by atoms with Crippen molar-refractivity contribution in [1.82, 2.24) is 9.97 Å². The number of H-pyrrole nitrogens is 1. The molecule has 3 nitrogen and oxygen atoms in total. The summed E-state index contributed by atoms with van der Waals surface area (Å²) in [6.45, 7) is 0. The maximum Gasteiger partial charge on any atom is 0.389 e. The van der Waals surface area contributed by atoms with Crippen molar-refractivity contribution in [2.24, 2.45) is 0 Å². The van der Waals surface area contributed by atoms with E-state index >= 15 is 0 Å². The fraction of sp³-hybridized carbons (Fsp3) is 0.300. The number of halogens is 3. The number of benzene rings is 1. The van der Waals surface area contributed by atoms with Crippen molar-refractivity contribution in [2.75, 3.05) is 5.73 Å². The first-order valence-electron chi connectivity index (χ1n) is 4.75. The van der Waals surface area contributed by atoms with Crippen LogP contribution >= 0.6 is 0 Å². The first-order valence-corrected chi connectivity index (χ1v) is 4.75. The van der Waals surface area contributed by atoms with Crippen LogP contribution in [-0.2, 0) is 6.42 Å². The summed E-state index contributed by atoms with van der Waals surface area (Å²) in [4.78, 5) is 6.85. The van der Waals surface area contributed by atoms with Gasteiger partial charge in [-0.25, -0.2) is 4.98 Å². The zero-order valence-corrected chi connectivity index (χ0v) is 8.30. The minimum absolute atomic E-state index is 0.155. The van der Waals surface area contributed by atoms with Crippen molar-refractivity contribution >= 4 is 16.7 Å². The van der Waals surface area contributed by atoms with E-state index in [1.165, 1.54) is 0 Å². The van der Waals surface area contributed by atoms with Crippen molar-refractivity contribution in [2.45, 2.75) is 19.0 Å². The Morgan fingerprint density at radius 1 is 1.31 bits per heavy atom. The summed E-state index contributed by atoms with van der Waals surface area (Å²) >= 11 is 0. The number of rotatable bonds is 2. The maximum absolute atomic E-state index is 12.0. The van der Waals surface area contributed by atoms with Gasteiger partial charge in [-0.2, -0.15) is 13.2 Å². The van der Waals surface area contributed by atoms with Gasteiger partial charge in [0.1, 0.15) is 11.3 Å². The number of nitrogens with two attached hydrogens (primary N) is 1. The van der Waals surface area contributed by atoms with Crippen LogP contribution in [0.15, 0.2) is 18.2 Å². The fourth-order valence-electron chi connectivity index (χ4n) is 1.48. The molecule has 0 bridgehead atoms. The van der Waals surface area contributed by atoms with E-state index in [1.54, 1.807) is 18.2 Å². The molecule has 0 spiro atoms. The number of aromatic nitrogens is 2. The first kappa shape index (κ1) is 10.8. The number of nitrogens with zero attached hydrogens (tertiary/aromatic N) is 1. The van der Waals surface area contributed by atoms with Crippen LogP contribution in [-0.4, -0.2) is 16.1 Å². The number of para-hydroxylation sites is 1. The molecule has 3 N–H and O–H groups in total. The average Bonchev–Trinajstić information content (AvgIpc) is 2.58. The van der Waals surface area contributed by atoms with E-state index in [1.807, 2.05) is 0 Å². The van der Waals surface area contributed by atoms with Crippen LogP contribution in [0.5, 0.6) is 0 Å². The normalized spacial score (nSPS) is 12.2. The van der Waals surface area contributed by atoms with Gasteiger partial charge in [0.15, 0.2) is 0 Å². The van der Waals surface area contributed by atoms with Gasteiger partial charge in [0.25, 0.3) is 0 Å². The molecule has 0 aliphatic heterocycles. The molecular formula is C10H10F3N3. The Labute approximate surface area is 89.5 Å². The molecule has 0 atom stereocenters. The summed E-state index contributed by atoms with van der Waals surface area (Å²) in [7, 11) is 0. The summed E-state index contributed by atoms with van der Waals surface area (Å²) in [5.41, 5.74) is 7.30. The van der Waals surface area contributed by atoms with E-state index in [4.69, 9.17) is 5.73 Å². The lowest BCUT2D eigenvalue weighted by atomic mass is 10.3. The molecule has 0 fully saturated rings. The third-order valence-electron chi connectivity index (χ3n) is 2.24. The van der Waals surface area contributed by atoms with Gasteiger partial charge >= 0.3 is 6.18 Å². The minimum atomic E-state index is -4.16. The zero-order chi connectivity index (χ0) is 11.8. The summed E-state index contributed by atoms with van der Waals surface area (Å²) in [6.07, 6.45) is -5.20. The molecule has 0 radical (unpaired) electrons. The van der Waals surface area contributed by atoms with Crippen molar-refractivity contribution in [3.63, 3.8) is 0 Å². The predicted octanol–water partition coefficient (Wildman–Crippen LogP) is 2.64. The van der Waals surface area contributed by atoms with E-state index in [0.717, 1.165) is 0 Å². The quantitative estimate of drug-likeness (QED) is 0.778. The SMILES string of the molecule is Nc1cccc2[nH]c(CCC(F)(F)F)nc12. The number of alkyl halides is 3. The van der Waals surface area contributed by atoms with E-state index in [0.29, 0.717) is 22.5 Å². The van der Waals surface area contributed by atoms with Crippen LogP contribution < -0.4 is 5.73 Å². The molecule has 0 unspecified atom stereocenters. The fourth-order valence-corrected chi connectivity index (χ4v) is 1.48. The topological polar surface area (TPSA) is 54.7 Å². The lowest BCUT2D eigenvalue weighted by Gasteiger charge is -2.02. The van der Waals surface area contributed by atoms with Gasteiger partial charge in [-0.3, -0.25) is 0 Å². The highest BCUT2D eigenvalue weighted by molar-refractivity contribution is 5.86. The lowest BCUT2D eigenvalue weighted by molar-refractivity contribution is -0.134. The second-order valence-corrected chi connectivity index (χ2v) is 3.54. The first-order chi connectivity index (χ1) is 7.46. The van der Waals surface area contributed by atoms with Crippen molar-refractivity contribution in [1.29, 1.82) is 0 Å². The maximum atomic E-state index is 12.0. The minimum Gasteiger partial charge on any atom is -0.397 e. The summed E-state index contributed by atoms with van der Waals surface area (Å²) in [6, 6.07) is 5.12. The van der Waals surface area contributed by atoms with Gasteiger partial charge < -0.3 is 10.7 Å². The number of imidazole rings is 1. The number of fused-ring (bicyclic) bond motifs is 1. The second-order valence-electron chi connectivity index (χ2n) is 3.54. The Balaban J connectivity index is 2.24. The zero-order valence-electron chi connectivity index (χ0n) is 8.30. The number of nitrogens with one attached hydrogen (secondary N) is 1. The molecule has 86 valence electrons. The van der Waals surface area contributed by atoms with Crippen LogP contribution in [0.1, 0.15) is 12.2 Å². The van der Waals surface area contributed by atoms with Crippen molar-refractivity contribution < 1.29 is 13.2 Å². The third kappa shape index (κ3) is 2.26. The molecule has 2 aromatic rings. The molecule has 0 saturated heterocycles. The van der Waals surface area contributed by atoms with Crippen LogP contribution in [0, 0.1) is 0 Å². The van der Waals surface area contributed by atoms with Crippen LogP contribution in [0.4, 0.5) is 18.9 Å². The highest BCUT2D eigenvalue weighted by Crippen LogP contribution is 2.23. The Bertz CT molecular complexity index is 501. The average molecular weight is 229 g/mol. The standard InChI is InChI=1S/C10H10F3N3/c11-10(12,13)5-4-8-15-7-3-1-2-6(14)9(7)16-8/h1-3H,4-5,14H2,(H,15,16). The molecule has 16 heavy (non-hydrogen) atoms. The second kappa shape index (κ2) is 3.70. The molecule has 1 aromatic heterocycles. The molecule has 0 amide bonds. The van der Waals surface area contributed by atoms with Crippen LogP contribution in [0.3, 0.4) is 0 Å². The Morgan fingerprint density at radius 2 is 2.06 bits per heavy atom. The number of anilines is 1. The predicted molar refractivity (Wildman–Crippen MR) is 54.9 cm³/mol. The number of aryl methyl sites for hydroxylation is 1. The monoisotopic (exact) mass is 229 g/mol. The largest absolute Gasteiger partial charge is 0.397 e. The van der Waals surface area contributed by atoms with Crippen LogP contribution in [0.25, 0.3) is 11.0 Å². The highest BCUT2D eigenvalue weighted by Gasteiger charge is 2.27. The molecule has 6 heteroatoms. The van der Waals surface area contributed by atoms with Gasteiger partial charge in [-0.1, -0.05) is 6.07 Å². The molecule has 1 aromatic carbocycles. The summed E-state index contributed by atoms with van der Waals surface area (Å²) in [5, 5.41) is 0. The molecule has 0 aliphatic carbocycles. The molecular weight excluding hydrogens is 219 g/mol. The summed E-state index contributed by atoms with van der Waals surface area (Å²) < 4.78 is 36.0. The van der Waals surface area contributed by atoms with E-state index < -0.39 is 12.6 Å². The van der Waals surface area contributed by atoms with Gasteiger partial charge in [0.05, 0.1) is 17.6 Å². The highest BCUT2D eigenvalue weighted by atomic mass is 19.4. The van der Waals surface area contributed by atoms with E-state index in [2.05, 4.69) is 9.97 Å². The van der Waals surface area contributed by atoms with E-state index in [-0.39, 0.29) is 6.42 Å². The van der Waals surface area contributed by atoms with Gasteiger partial charge in [-0.05, 0) is 12.1 Å². The Hall–Kier alpha value is -1.72. The van der Waals surface area contributed by atoms with Crippen molar-refractivity contribution in [3.05, 3.63) is 24.0 Å². The van der Waals surface area contributed by atoms with Gasteiger partial charge in [0.2, 0.25) is 0 Å². The summed E-state index contributed by atoms with van der Waals surface area (Å²) in [5.74, 6) is 0.310. The molecule has 2 rings (SSSR count). The number of aromatic amines is 1. The molecule has 1 heterocycles. The lowest BCUT2D eigenvalue weighted by Crippen LogP contribution is -2.09. The number of nitrogen functional groups attached to an aromatic ring is 1. The van der Waals surface area contributed by atoms with E-state index in [9.17, 15) is 13.2 Å². The van der Waals surface area contributed by atoms with Gasteiger partial charge in [0, 0.05) is 6.42 Å². The third-order valence-corrected chi connectivity index (χ3v) is 2.24. The van der Waals surface area contributed by atoms with Crippen LogP contribution in [0.2, 0.25) is 0 Å². The van der Waals surface area contributed by atoms with Crippen molar-refractivity contribution in [3.8, 4) is 0 Å². The number of hydrogen-bond donors (Lipinski definition) is 2. The number of hydrogen-bond acceptors (Lipinski definition) is 2. The Kier molecular flexibility index (Phi) is 2.49. The smallest absolute Gasteiger partial charge is 0.389 e. The van der Waals surface area contributed by atoms with Gasteiger partial charge in [-0.15, -0.1) is 0 Å². The molecule has 0 aliphatic rings.